The molecule has 0 bridgehead atoms. The lowest BCUT2D eigenvalue weighted by molar-refractivity contribution is 0.0464. The summed E-state index contributed by atoms with van der Waals surface area (Å²) in [6.07, 6.45) is 5.39. The first kappa shape index (κ1) is 21.7. The van der Waals surface area contributed by atoms with Crippen molar-refractivity contribution >= 4 is 12.2 Å². The number of alkyl carbamates (subject to hydrolysis) is 2. The maximum Gasteiger partial charge on any atom is 0.407 e. The maximum absolute atomic E-state index is 12.4. The van der Waals surface area contributed by atoms with E-state index in [0.717, 1.165) is 18.4 Å². The van der Waals surface area contributed by atoms with E-state index in [1.807, 2.05) is 75.6 Å². The molecule has 0 spiro atoms. The van der Waals surface area contributed by atoms with E-state index in [2.05, 4.69) is 15.2 Å². The normalized spacial score (nSPS) is 21.5. The number of hydrogen-bond donors (Lipinski definition) is 2. The minimum absolute atomic E-state index is 0.204. The summed E-state index contributed by atoms with van der Waals surface area (Å²) in [5.74, 6) is 0. The SMILES string of the molecule is CC(C)(C)OC(=O)N[C@@H]1C[C@@H](n2cccc2)CC[C@@H]1NC(=O)OCc1ccccc1. The first-order valence-corrected chi connectivity index (χ1v) is 10.4. The fourth-order valence-electron chi connectivity index (χ4n) is 3.72. The van der Waals surface area contributed by atoms with Gasteiger partial charge in [-0.25, -0.2) is 9.59 Å². The minimum atomic E-state index is -0.587. The first-order chi connectivity index (χ1) is 14.3. The van der Waals surface area contributed by atoms with Gasteiger partial charge in [-0.05, 0) is 57.7 Å². The molecule has 0 aliphatic heterocycles. The summed E-state index contributed by atoms with van der Waals surface area (Å²) >= 11 is 0. The van der Waals surface area contributed by atoms with Crippen molar-refractivity contribution in [2.45, 2.75) is 70.4 Å². The van der Waals surface area contributed by atoms with E-state index in [9.17, 15) is 9.59 Å². The van der Waals surface area contributed by atoms with Crippen LogP contribution in [0.1, 0.15) is 51.6 Å². The van der Waals surface area contributed by atoms with E-state index < -0.39 is 17.8 Å². The van der Waals surface area contributed by atoms with E-state index in [1.165, 1.54) is 0 Å². The lowest BCUT2D eigenvalue weighted by Crippen LogP contribution is -2.55. The average molecular weight is 414 g/mol. The second kappa shape index (κ2) is 9.69. The van der Waals surface area contributed by atoms with E-state index in [0.29, 0.717) is 6.42 Å². The van der Waals surface area contributed by atoms with Crippen molar-refractivity contribution in [3.05, 3.63) is 60.4 Å². The highest BCUT2D eigenvalue weighted by Crippen LogP contribution is 2.29. The molecule has 7 heteroatoms. The van der Waals surface area contributed by atoms with Crippen molar-refractivity contribution < 1.29 is 19.1 Å². The molecule has 1 saturated carbocycles. The fourth-order valence-corrected chi connectivity index (χ4v) is 3.72. The molecule has 1 aromatic heterocycles. The Balaban J connectivity index is 1.61. The lowest BCUT2D eigenvalue weighted by Gasteiger charge is -2.37. The maximum atomic E-state index is 12.4. The molecule has 7 nitrogen and oxygen atoms in total. The van der Waals surface area contributed by atoms with Crippen LogP contribution in [0.5, 0.6) is 0 Å². The van der Waals surface area contributed by atoms with Crippen LogP contribution in [0, 0.1) is 0 Å². The molecule has 2 amide bonds. The molecule has 0 radical (unpaired) electrons. The van der Waals surface area contributed by atoms with Gasteiger partial charge < -0.3 is 24.7 Å². The van der Waals surface area contributed by atoms with Crippen LogP contribution in [0.2, 0.25) is 0 Å². The molecular weight excluding hydrogens is 382 g/mol. The highest BCUT2D eigenvalue weighted by Gasteiger charge is 2.34. The van der Waals surface area contributed by atoms with E-state index in [1.54, 1.807) is 0 Å². The standard InChI is InChI=1S/C23H31N3O4/c1-23(2,3)30-22(28)25-20-15-18(26-13-7-8-14-26)11-12-19(20)24-21(27)29-16-17-9-5-4-6-10-17/h4-10,13-14,18-20H,11-12,15-16H2,1-3H3,(H,24,27)(H,25,28)/t18-,19-,20+/m0/s1. The molecule has 1 aromatic carbocycles. The van der Waals surface area contributed by atoms with Crippen LogP contribution >= 0.6 is 0 Å². The minimum Gasteiger partial charge on any atom is -0.445 e. The Morgan fingerprint density at radius 3 is 2.30 bits per heavy atom. The van der Waals surface area contributed by atoms with Crippen LogP contribution in [0.15, 0.2) is 54.9 Å². The summed E-state index contributed by atoms with van der Waals surface area (Å²) in [5, 5.41) is 5.88. The van der Waals surface area contributed by atoms with Gasteiger partial charge in [0.2, 0.25) is 0 Å². The van der Waals surface area contributed by atoms with E-state index >= 15 is 0 Å². The van der Waals surface area contributed by atoms with Crippen molar-refractivity contribution in [3.63, 3.8) is 0 Å². The molecule has 162 valence electrons. The number of rotatable bonds is 5. The number of nitrogens with zero attached hydrogens (tertiary/aromatic N) is 1. The Hall–Kier alpha value is -2.96. The van der Waals surface area contributed by atoms with Gasteiger partial charge in [0.25, 0.3) is 0 Å². The van der Waals surface area contributed by atoms with Gasteiger partial charge >= 0.3 is 12.2 Å². The van der Waals surface area contributed by atoms with Gasteiger partial charge in [-0.3, -0.25) is 0 Å². The van der Waals surface area contributed by atoms with Gasteiger partial charge in [0.15, 0.2) is 0 Å². The number of aromatic nitrogens is 1. The summed E-state index contributed by atoms with van der Waals surface area (Å²) in [6.45, 7) is 5.68. The van der Waals surface area contributed by atoms with Crippen molar-refractivity contribution in [1.29, 1.82) is 0 Å². The molecule has 3 rings (SSSR count). The summed E-state index contributed by atoms with van der Waals surface area (Å²) in [7, 11) is 0. The Bertz CT molecular complexity index is 815. The van der Waals surface area contributed by atoms with Gasteiger partial charge in [-0.1, -0.05) is 30.3 Å². The van der Waals surface area contributed by atoms with Crippen LogP contribution in [0.3, 0.4) is 0 Å². The predicted octanol–water partition coefficient (Wildman–Crippen LogP) is 4.40. The molecular formula is C23H31N3O4. The highest BCUT2D eigenvalue weighted by molar-refractivity contribution is 5.70. The molecule has 2 N–H and O–H groups in total. The monoisotopic (exact) mass is 413 g/mol. The molecule has 0 saturated heterocycles. The van der Waals surface area contributed by atoms with Gasteiger partial charge in [-0.2, -0.15) is 0 Å². The third-order valence-electron chi connectivity index (χ3n) is 5.09. The largest absolute Gasteiger partial charge is 0.445 e. The van der Waals surface area contributed by atoms with Crippen molar-refractivity contribution in [2.24, 2.45) is 0 Å². The van der Waals surface area contributed by atoms with Crippen molar-refractivity contribution in [1.82, 2.24) is 15.2 Å². The van der Waals surface area contributed by atoms with Crippen LogP contribution in [-0.4, -0.2) is 34.4 Å². The number of carbonyl (C=O) groups is 2. The quantitative estimate of drug-likeness (QED) is 0.761. The topological polar surface area (TPSA) is 81.6 Å². The lowest BCUT2D eigenvalue weighted by atomic mass is 9.86. The van der Waals surface area contributed by atoms with Crippen LogP contribution < -0.4 is 10.6 Å². The van der Waals surface area contributed by atoms with Gasteiger partial charge in [0, 0.05) is 18.4 Å². The van der Waals surface area contributed by atoms with Crippen molar-refractivity contribution in [2.75, 3.05) is 0 Å². The number of hydrogen-bond acceptors (Lipinski definition) is 4. The summed E-state index contributed by atoms with van der Waals surface area (Å²) in [5.41, 5.74) is 0.336. The molecule has 1 aliphatic carbocycles. The van der Waals surface area contributed by atoms with Crippen LogP contribution in [-0.2, 0) is 16.1 Å². The number of nitrogens with one attached hydrogen (secondary N) is 2. The smallest absolute Gasteiger partial charge is 0.407 e. The summed E-state index contributed by atoms with van der Waals surface area (Å²) in [6, 6.07) is 13.3. The third kappa shape index (κ3) is 6.54. The number of benzene rings is 1. The highest BCUT2D eigenvalue weighted by atomic mass is 16.6. The zero-order valence-corrected chi connectivity index (χ0v) is 17.8. The summed E-state index contributed by atoms with van der Waals surface area (Å²) in [4.78, 5) is 24.8. The zero-order valence-electron chi connectivity index (χ0n) is 17.8. The predicted molar refractivity (Wildman–Crippen MR) is 114 cm³/mol. The van der Waals surface area contributed by atoms with Crippen LogP contribution in [0.4, 0.5) is 9.59 Å². The Kier molecular flexibility index (Phi) is 7.03. The van der Waals surface area contributed by atoms with Crippen LogP contribution in [0.25, 0.3) is 0 Å². The number of carbonyl (C=O) groups excluding carboxylic acids is 2. The second-order valence-corrected chi connectivity index (χ2v) is 8.66. The van der Waals surface area contributed by atoms with Gasteiger partial charge in [0.05, 0.1) is 12.1 Å². The van der Waals surface area contributed by atoms with E-state index in [4.69, 9.17) is 9.47 Å². The first-order valence-electron chi connectivity index (χ1n) is 10.4. The van der Waals surface area contributed by atoms with E-state index in [-0.39, 0.29) is 24.7 Å². The molecule has 30 heavy (non-hydrogen) atoms. The molecule has 1 aliphatic rings. The average Bonchev–Trinajstić information content (AvgIpc) is 3.22. The molecule has 1 heterocycles. The molecule has 0 unspecified atom stereocenters. The second-order valence-electron chi connectivity index (χ2n) is 8.66. The number of amides is 2. The van der Waals surface area contributed by atoms with Crippen molar-refractivity contribution in [3.8, 4) is 0 Å². The Morgan fingerprint density at radius 1 is 0.967 bits per heavy atom. The Labute approximate surface area is 177 Å². The fraction of sp³-hybridized carbons (Fsp3) is 0.478. The van der Waals surface area contributed by atoms with Gasteiger partial charge in [0.1, 0.15) is 12.2 Å². The number of ether oxygens (including phenoxy) is 2. The molecule has 3 atom stereocenters. The summed E-state index contributed by atoms with van der Waals surface area (Å²) < 4.78 is 12.9. The molecule has 1 fully saturated rings. The van der Waals surface area contributed by atoms with Gasteiger partial charge in [-0.15, -0.1) is 0 Å². The molecule has 2 aromatic rings. The third-order valence-corrected chi connectivity index (χ3v) is 5.09. The Morgan fingerprint density at radius 2 is 1.63 bits per heavy atom. The zero-order chi connectivity index (χ0) is 21.6.